The van der Waals surface area contributed by atoms with E-state index in [9.17, 15) is 13.2 Å². The number of hydrogen-bond donors (Lipinski definition) is 3. The Morgan fingerprint density at radius 1 is 1.17 bits per heavy atom. The molecule has 0 aromatic carbocycles. The molecule has 0 saturated carbocycles. The van der Waals surface area contributed by atoms with Crippen LogP contribution in [-0.2, 0) is 0 Å². The fourth-order valence-electron chi connectivity index (χ4n) is 2.82. The molecule has 1 saturated heterocycles. The van der Waals surface area contributed by atoms with Gasteiger partial charge in [-0.3, -0.25) is 10.1 Å². The van der Waals surface area contributed by atoms with Gasteiger partial charge < -0.3 is 15.5 Å². The summed E-state index contributed by atoms with van der Waals surface area (Å²) >= 11 is 0. The number of hydrogen-bond acceptors (Lipinski definition) is 8. The topological polar surface area (TPSA) is 108 Å². The van der Waals surface area contributed by atoms with Crippen LogP contribution in [0.4, 0.5) is 36.8 Å². The van der Waals surface area contributed by atoms with Crippen LogP contribution in [0, 0.1) is 18.6 Å². The first kappa shape index (κ1) is 18.9. The van der Waals surface area contributed by atoms with Gasteiger partial charge in [0.15, 0.2) is 5.82 Å². The summed E-state index contributed by atoms with van der Waals surface area (Å²) < 4.78 is 40.4. The van der Waals surface area contributed by atoms with Crippen LogP contribution in [0.15, 0.2) is 18.3 Å². The number of aromatic nitrogens is 6. The first-order chi connectivity index (χ1) is 13.9. The number of H-pyrrole nitrogens is 1. The van der Waals surface area contributed by atoms with E-state index < -0.39 is 23.8 Å². The zero-order valence-electron chi connectivity index (χ0n) is 15.6. The van der Waals surface area contributed by atoms with Gasteiger partial charge in [-0.25, -0.2) is 13.2 Å². The van der Waals surface area contributed by atoms with Crippen molar-refractivity contribution >= 4 is 23.7 Å². The normalized spacial score (nSPS) is 15.1. The summed E-state index contributed by atoms with van der Waals surface area (Å²) in [6.45, 7) is 3.83. The van der Waals surface area contributed by atoms with Crippen molar-refractivity contribution in [2.45, 2.75) is 26.1 Å². The second-order valence-electron chi connectivity index (χ2n) is 6.73. The number of pyridine rings is 1. The smallest absolute Gasteiger partial charge is 0.235 e. The number of alkyl halides is 1. The standard InChI is InChI=1S/C17H18F3N9/c1-8-3-13(28-27-8)23-16-24-15(25-17(26-16)29-6-11(19)7-29)22-9(2)14-12(20)4-10(18)5-21-14/h3-5,9,11H,6-7H2,1-2H3,(H3,22,23,24,25,26,27,28). The lowest BCUT2D eigenvalue weighted by Gasteiger charge is -2.34. The third-order valence-electron chi connectivity index (χ3n) is 4.28. The highest BCUT2D eigenvalue weighted by Gasteiger charge is 2.29. The van der Waals surface area contributed by atoms with E-state index in [0.29, 0.717) is 5.82 Å². The average Bonchev–Trinajstić information content (AvgIpc) is 3.03. The van der Waals surface area contributed by atoms with Crippen molar-refractivity contribution in [1.29, 1.82) is 0 Å². The predicted octanol–water partition coefficient (Wildman–Crippen LogP) is 2.65. The van der Waals surface area contributed by atoms with Crippen LogP contribution in [0.1, 0.15) is 24.4 Å². The highest BCUT2D eigenvalue weighted by molar-refractivity contribution is 5.53. The van der Waals surface area contributed by atoms with Gasteiger partial charge in [0.25, 0.3) is 0 Å². The third kappa shape index (κ3) is 4.20. The zero-order valence-corrected chi connectivity index (χ0v) is 15.6. The molecule has 1 unspecified atom stereocenters. The van der Waals surface area contributed by atoms with Gasteiger partial charge in [0, 0.05) is 17.8 Å². The second kappa shape index (κ2) is 7.53. The van der Waals surface area contributed by atoms with Crippen LogP contribution in [0.25, 0.3) is 0 Å². The fourth-order valence-corrected chi connectivity index (χ4v) is 2.82. The van der Waals surface area contributed by atoms with E-state index in [4.69, 9.17) is 0 Å². The minimum atomic E-state index is -0.940. The minimum Gasteiger partial charge on any atom is -0.346 e. The van der Waals surface area contributed by atoms with Crippen LogP contribution in [0.2, 0.25) is 0 Å². The third-order valence-corrected chi connectivity index (χ3v) is 4.28. The van der Waals surface area contributed by atoms with Crippen molar-refractivity contribution in [3.05, 3.63) is 41.4 Å². The van der Waals surface area contributed by atoms with Crippen LogP contribution in [-0.4, -0.2) is 49.4 Å². The lowest BCUT2D eigenvalue weighted by Crippen LogP contribution is -2.49. The second-order valence-corrected chi connectivity index (χ2v) is 6.73. The molecule has 1 atom stereocenters. The molecule has 0 radical (unpaired) electrons. The highest BCUT2D eigenvalue weighted by atomic mass is 19.1. The van der Waals surface area contributed by atoms with Gasteiger partial charge in [-0.1, -0.05) is 0 Å². The van der Waals surface area contributed by atoms with E-state index in [-0.39, 0.29) is 36.6 Å². The Bertz CT molecular complexity index is 1020. The summed E-state index contributed by atoms with van der Waals surface area (Å²) in [5, 5.41) is 12.7. The van der Waals surface area contributed by atoms with Gasteiger partial charge >= 0.3 is 0 Å². The maximum absolute atomic E-state index is 14.0. The van der Waals surface area contributed by atoms with Crippen LogP contribution < -0.4 is 15.5 Å². The molecule has 0 spiro atoms. The lowest BCUT2D eigenvalue weighted by atomic mass is 10.2. The molecule has 1 aliphatic rings. The Kier molecular flexibility index (Phi) is 4.91. The van der Waals surface area contributed by atoms with E-state index in [0.717, 1.165) is 18.0 Å². The number of nitrogens with zero attached hydrogens (tertiary/aromatic N) is 6. The Morgan fingerprint density at radius 2 is 1.93 bits per heavy atom. The molecule has 1 fully saturated rings. The van der Waals surface area contributed by atoms with Gasteiger partial charge in [-0.05, 0) is 13.8 Å². The molecular formula is C17H18F3N9. The van der Waals surface area contributed by atoms with Crippen molar-refractivity contribution in [3.63, 3.8) is 0 Å². The largest absolute Gasteiger partial charge is 0.346 e. The SMILES string of the molecule is Cc1cc(Nc2nc(NC(C)c3ncc(F)cc3F)nc(N3CC(F)C3)n2)n[nH]1. The van der Waals surface area contributed by atoms with Gasteiger partial charge in [-0.15, -0.1) is 0 Å². The van der Waals surface area contributed by atoms with Crippen molar-refractivity contribution < 1.29 is 13.2 Å². The van der Waals surface area contributed by atoms with Crippen molar-refractivity contribution in [3.8, 4) is 0 Å². The van der Waals surface area contributed by atoms with Gasteiger partial charge in [0.1, 0.15) is 17.8 Å². The molecule has 0 amide bonds. The van der Waals surface area contributed by atoms with Crippen LogP contribution >= 0.6 is 0 Å². The van der Waals surface area contributed by atoms with Gasteiger partial charge in [0.05, 0.1) is 31.0 Å². The fraction of sp³-hybridized carbons (Fsp3) is 0.353. The first-order valence-electron chi connectivity index (χ1n) is 8.89. The van der Waals surface area contributed by atoms with Crippen molar-refractivity contribution in [2.75, 3.05) is 28.6 Å². The maximum atomic E-state index is 14.0. The molecule has 29 heavy (non-hydrogen) atoms. The summed E-state index contributed by atoms with van der Waals surface area (Å²) in [4.78, 5) is 18.3. The number of nitrogens with one attached hydrogen (secondary N) is 3. The van der Waals surface area contributed by atoms with E-state index >= 15 is 0 Å². The Labute approximate surface area is 163 Å². The molecule has 0 aliphatic carbocycles. The summed E-state index contributed by atoms with van der Waals surface area (Å²) in [6.07, 6.45) is -0.00551. The molecule has 3 aromatic heterocycles. The molecule has 3 aromatic rings. The maximum Gasteiger partial charge on any atom is 0.235 e. The molecule has 4 rings (SSSR count). The summed E-state index contributed by atoms with van der Waals surface area (Å²) in [6, 6.07) is 1.86. The summed E-state index contributed by atoms with van der Waals surface area (Å²) in [5.74, 6) is -0.466. The Morgan fingerprint density at radius 3 is 2.59 bits per heavy atom. The minimum absolute atomic E-state index is 0.0126. The molecule has 0 bridgehead atoms. The van der Waals surface area contributed by atoms with Gasteiger partial charge in [0.2, 0.25) is 17.8 Å². The van der Waals surface area contributed by atoms with Crippen molar-refractivity contribution in [1.82, 2.24) is 30.1 Å². The molecule has 1 aliphatic heterocycles. The molecule has 3 N–H and O–H groups in total. The van der Waals surface area contributed by atoms with Gasteiger partial charge in [-0.2, -0.15) is 20.1 Å². The van der Waals surface area contributed by atoms with E-state index in [2.05, 4.69) is 40.8 Å². The first-order valence-corrected chi connectivity index (χ1v) is 8.89. The molecule has 4 heterocycles. The van der Waals surface area contributed by atoms with E-state index in [1.54, 1.807) is 17.9 Å². The average molecular weight is 405 g/mol. The number of aromatic amines is 1. The zero-order chi connectivity index (χ0) is 20.5. The van der Waals surface area contributed by atoms with E-state index in [1.165, 1.54) is 0 Å². The number of halogens is 3. The molecular weight excluding hydrogens is 387 g/mol. The monoisotopic (exact) mass is 405 g/mol. The molecule has 12 heteroatoms. The predicted molar refractivity (Wildman–Crippen MR) is 99.7 cm³/mol. The van der Waals surface area contributed by atoms with E-state index in [1.807, 2.05) is 6.92 Å². The number of aryl methyl sites for hydroxylation is 1. The van der Waals surface area contributed by atoms with Crippen LogP contribution in [0.5, 0.6) is 0 Å². The molecule has 9 nitrogen and oxygen atoms in total. The quantitative estimate of drug-likeness (QED) is 0.575. The molecule has 152 valence electrons. The highest BCUT2D eigenvalue weighted by Crippen LogP contribution is 2.24. The Balaban J connectivity index is 1.60. The lowest BCUT2D eigenvalue weighted by molar-refractivity contribution is 0.272. The Hall–Kier alpha value is -3.44. The number of anilines is 4. The summed E-state index contributed by atoms with van der Waals surface area (Å²) in [5.41, 5.74) is 0.855. The van der Waals surface area contributed by atoms with Crippen molar-refractivity contribution in [2.24, 2.45) is 0 Å². The summed E-state index contributed by atoms with van der Waals surface area (Å²) in [7, 11) is 0. The number of rotatable bonds is 6. The van der Waals surface area contributed by atoms with Crippen LogP contribution in [0.3, 0.4) is 0 Å².